The Morgan fingerprint density at radius 3 is 2.48 bits per heavy atom. The van der Waals surface area contributed by atoms with Crippen LogP contribution in [0.25, 0.3) is 0 Å². The molecule has 2 aromatic carbocycles. The first-order valence-corrected chi connectivity index (χ1v) is 11.1. The van der Waals surface area contributed by atoms with Crippen molar-refractivity contribution in [2.45, 2.75) is 27.0 Å². The van der Waals surface area contributed by atoms with E-state index in [2.05, 4.69) is 16.1 Å². The van der Waals surface area contributed by atoms with Gasteiger partial charge in [0, 0.05) is 38.3 Å². The minimum atomic E-state index is 0.0509. The summed E-state index contributed by atoms with van der Waals surface area (Å²) in [5.41, 5.74) is 3.64. The molecule has 2 aliphatic heterocycles. The molecule has 1 fully saturated rings. The van der Waals surface area contributed by atoms with E-state index in [-0.39, 0.29) is 12.7 Å². The van der Waals surface area contributed by atoms with Crippen LogP contribution in [0.4, 0.5) is 0 Å². The SMILES string of the molecule is Cc1noc(C)c1COc1ccc(C(=O)N2CCN(Cc3ccc4c(c3)OCO4)CC2)cc1. The Bertz CT molecular complexity index is 1110. The number of amides is 1. The molecule has 1 aromatic heterocycles. The molecule has 1 saturated heterocycles. The van der Waals surface area contributed by atoms with Crippen LogP contribution in [0.15, 0.2) is 47.0 Å². The highest BCUT2D eigenvalue weighted by Crippen LogP contribution is 2.33. The third-order valence-electron chi connectivity index (χ3n) is 6.17. The third-order valence-corrected chi connectivity index (χ3v) is 6.17. The van der Waals surface area contributed by atoms with Crippen LogP contribution in [0.1, 0.15) is 32.9 Å². The molecule has 0 N–H and O–H groups in total. The summed E-state index contributed by atoms with van der Waals surface area (Å²) in [5.74, 6) is 3.13. The van der Waals surface area contributed by atoms with Gasteiger partial charge in [-0.25, -0.2) is 0 Å². The van der Waals surface area contributed by atoms with E-state index in [1.165, 1.54) is 5.56 Å². The fourth-order valence-electron chi connectivity index (χ4n) is 4.15. The highest BCUT2D eigenvalue weighted by molar-refractivity contribution is 5.94. The van der Waals surface area contributed by atoms with Crippen LogP contribution >= 0.6 is 0 Å². The van der Waals surface area contributed by atoms with Crippen molar-refractivity contribution >= 4 is 5.91 Å². The summed E-state index contributed by atoms with van der Waals surface area (Å²) in [4.78, 5) is 17.2. The Hall–Kier alpha value is -3.52. The number of piperazine rings is 1. The first kappa shape index (κ1) is 21.3. The predicted octanol–water partition coefficient (Wildman–Crippen LogP) is 3.56. The average Bonchev–Trinajstić information content (AvgIpc) is 3.43. The summed E-state index contributed by atoms with van der Waals surface area (Å²) in [6, 6.07) is 13.4. The van der Waals surface area contributed by atoms with Crippen molar-refractivity contribution in [2.24, 2.45) is 0 Å². The molecular weight excluding hydrogens is 422 g/mol. The van der Waals surface area contributed by atoms with Crippen molar-refractivity contribution in [3.05, 3.63) is 70.6 Å². The number of nitrogens with zero attached hydrogens (tertiary/aromatic N) is 3. The number of fused-ring (bicyclic) bond motifs is 1. The maximum atomic E-state index is 13.0. The Kier molecular flexibility index (Phi) is 5.92. The van der Waals surface area contributed by atoms with Crippen LogP contribution < -0.4 is 14.2 Å². The molecule has 0 bridgehead atoms. The second-order valence-electron chi connectivity index (χ2n) is 8.37. The summed E-state index contributed by atoms with van der Waals surface area (Å²) in [7, 11) is 0. The lowest BCUT2D eigenvalue weighted by atomic mass is 10.1. The van der Waals surface area contributed by atoms with Gasteiger partial charge in [-0.1, -0.05) is 11.2 Å². The zero-order valence-corrected chi connectivity index (χ0v) is 18.9. The van der Waals surface area contributed by atoms with Crippen molar-refractivity contribution in [1.82, 2.24) is 15.0 Å². The predicted molar refractivity (Wildman–Crippen MR) is 120 cm³/mol. The molecule has 0 saturated carbocycles. The molecule has 3 heterocycles. The largest absolute Gasteiger partial charge is 0.489 e. The first-order chi connectivity index (χ1) is 16.1. The topological polar surface area (TPSA) is 77.3 Å². The van der Waals surface area contributed by atoms with Crippen molar-refractivity contribution in [2.75, 3.05) is 33.0 Å². The maximum absolute atomic E-state index is 13.0. The smallest absolute Gasteiger partial charge is 0.253 e. The van der Waals surface area contributed by atoms with Gasteiger partial charge >= 0.3 is 0 Å². The molecule has 0 atom stereocenters. The van der Waals surface area contributed by atoms with Gasteiger partial charge < -0.3 is 23.6 Å². The second kappa shape index (κ2) is 9.15. The highest BCUT2D eigenvalue weighted by atomic mass is 16.7. The lowest BCUT2D eigenvalue weighted by Crippen LogP contribution is -2.48. The van der Waals surface area contributed by atoms with Gasteiger partial charge in [-0.15, -0.1) is 0 Å². The first-order valence-electron chi connectivity index (χ1n) is 11.1. The molecule has 0 radical (unpaired) electrons. The van der Waals surface area contributed by atoms with Crippen molar-refractivity contribution in [3.8, 4) is 17.2 Å². The van der Waals surface area contributed by atoms with E-state index in [0.717, 1.165) is 48.2 Å². The van der Waals surface area contributed by atoms with Gasteiger partial charge in [0.25, 0.3) is 5.91 Å². The summed E-state index contributed by atoms with van der Waals surface area (Å²) in [6.45, 7) is 8.34. The monoisotopic (exact) mass is 449 g/mol. The quantitative estimate of drug-likeness (QED) is 0.569. The lowest BCUT2D eigenvalue weighted by molar-refractivity contribution is 0.0628. The standard InChI is InChI=1S/C25H27N3O5/c1-17-22(18(2)33-26-17)15-30-21-6-4-20(5-7-21)25(29)28-11-9-27(10-12-28)14-19-3-8-23-24(13-19)32-16-31-23/h3-8,13H,9-12,14-16H2,1-2H3. The fraction of sp³-hybridized carbons (Fsp3) is 0.360. The number of hydrogen-bond donors (Lipinski definition) is 0. The summed E-state index contributed by atoms with van der Waals surface area (Å²) in [6.07, 6.45) is 0. The van der Waals surface area contributed by atoms with Crippen LogP contribution in [-0.4, -0.2) is 53.8 Å². The molecule has 2 aliphatic rings. The summed E-state index contributed by atoms with van der Waals surface area (Å²) >= 11 is 0. The number of ether oxygens (including phenoxy) is 3. The van der Waals surface area contributed by atoms with Crippen LogP contribution in [0.5, 0.6) is 17.2 Å². The van der Waals surface area contributed by atoms with Crippen LogP contribution in [-0.2, 0) is 13.2 Å². The van der Waals surface area contributed by atoms with Crippen LogP contribution in [0, 0.1) is 13.8 Å². The molecule has 0 spiro atoms. The zero-order valence-electron chi connectivity index (χ0n) is 18.9. The number of carbonyl (C=O) groups is 1. The summed E-state index contributed by atoms with van der Waals surface area (Å²) in [5, 5.41) is 3.94. The van der Waals surface area contributed by atoms with E-state index in [4.69, 9.17) is 18.7 Å². The molecule has 8 heteroatoms. The maximum Gasteiger partial charge on any atom is 0.253 e. The average molecular weight is 450 g/mol. The minimum Gasteiger partial charge on any atom is -0.489 e. The Morgan fingerprint density at radius 1 is 1.00 bits per heavy atom. The molecule has 3 aromatic rings. The van der Waals surface area contributed by atoms with Gasteiger partial charge in [-0.3, -0.25) is 9.69 Å². The Balaban J connectivity index is 1.12. The molecule has 172 valence electrons. The number of rotatable bonds is 6. The van der Waals surface area contributed by atoms with E-state index in [0.29, 0.717) is 31.0 Å². The molecular formula is C25H27N3O5. The molecule has 0 unspecified atom stereocenters. The third kappa shape index (κ3) is 4.66. The number of carbonyl (C=O) groups excluding carboxylic acids is 1. The van der Waals surface area contributed by atoms with E-state index >= 15 is 0 Å². The molecule has 5 rings (SSSR count). The van der Waals surface area contributed by atoms with Crippen molar-refractivity contribution in [3.63, 3.8) is 0 Å². The lowest BCUT2D eigenvalue weighted by Gasteiger charge is -2.34. The second-order valence-corrected chi connectivity index (χ2v) is 8.37. The summed E-state index contributed by atoms with van der Waals surface area (Å²) < 4.78 is 21.9. The van der Waals surface area contributed by atoms with E-state index in [9.17, 15) is 4.79 Å². The van der Waals surface area contributed by atoms with E-state index in [1.54, 1.807) is 0 Å². The van der Waals surface area contributed by atoms with Gasteiger partial charge in [0.15, 0.2) is 11.5 Å². The van der Waals surface area contributed by atoms with Gasteiger partial charge in [-0.2, -0.15) is 0 Å². The van der Waals surface area contributed by atoms with Crippen molar-refractivity contribution in [1.29, 1.82) is 0 Å². The van der Waals surface area contributed by atoms with Crippen LogP contribution in [0.3, 0.4) is 0 Å². The number of benzene rings is 2. The zero-order chi connectivity index (χ0) is 22.8. The Labute approximate surface area is 192 Å². The Morgan fingerprint density at radius 2 is 1.76 bits per heavy atom. The van der Waals surface area contributed by atoms with E-state index in [1.807, 2.05) is 55.1 Å². The molecule has 1 amide bonds. The minimum absolute atomic E-state index is 0.0509. The van der Waals surface area contributed by atoms with Gasteiger partial charge in [-0.05, 0) is 55.8 Å². The number of hydrogen-bond acceptors (Lipinski definition) is 7. The number of aromatic nitrogens is 1. The van der Waals surface area contributed by atoms with Gasteiger partial charge in [0.1, 0.15) is 18.1 Å². The molecule has 33 heavy (non-hydrogen) atoms. The van der Waals surface area contributed by atoms with Gasteiger partial charge in [0.2, 0.25) is 6.79 Å². The molecule has 8 nitrogen and oxygen atoms in total. The number of aryl methyl sites for hydroxylation is 2. The normalized spacial score (nSPS) is 15.6. The van der Waals surface area contributed by atoms with Gasteiger partial charge in [0.05, 0.1) is 11.3 Å². The van der Waals surface area contributed by atoms with Crippen molar-refractivity contribution < 1.29 is 23.5 Å². The molecule has 0 aliphatic carbocycles. The fourth-order valence-corrected chi connectivity index (χ4v) is 4.15. The highest BCUT2D eigenvalue weighted by Gasteiger charge is 2.23. The van der Waals surface area contributed by atoms with E-state index < -0.39 is 0 Å². The van der Waals surface area contributed by atoms with Crippen LogP contribution in [0.2, 0.25) is 0 Å².